The van der Waals surface area contributed by atoms with Crippen LogP contribution in [0.2, 0.25) is 0 Å². The SMILES string of the molecule is Cc1ccc(CNC(=O)c2ccccc2NC(=O)C2Cc3ccccc3O2)cc1. The van der Waals surface area contributed by atoms with E-state index in [2.05, 4.69) is 10.6 Å². The number of ether oxygens (including phenoxy) is 1. The third-order valence-corrected chi connectivity index (χ3v) is 4.94. The maximum Gasteiger partial charge on any atom is 0.265 e. The van der Waals surface area contributed by atoms with Crippen LogP contribution in [0.4, 0.5) is 5.69 Å². The molecule has 0 saturated heterocycles. The monoisotopic (exact) mass is 386 g/mol. The molecule has 0 aromatic heterocycles. The van der Waals surface area contributed by atoms with Crippen LogP contribution in [-0.4, -0.2) is 17.9 Å². The molecule has 1 unspecified atom stereocenters. The summed E-state index contributed by atoms with van der Waals surface area (Å²) in [5, 5.41) is 5.76. The van der Waals surface area contributed by atoms with E-state index in [-0.39, 0.29) is 11.8 Å². The van der Waals surface area contributed by atoms with Gasteiger partial charge in [-0.05, 0) is 36.2 Å². The van der Waals surface area contributed by atoms with Gasteiger partial charge < -0.3 is 15.4 Å². The van der Waals surface area contributed by atoms with E-state index in [0.29, 0.717) is 24.2 Å². The normalized spacial score (nSPS) is 14.6. The van der Waals surface area contributed by atoms with Gasteiger partial charge in [0.25, 0.3) is 11.8 Å². The Morgan fingerprint density at radius 2 is 1.69 bits per heavy atom. The molecular formula is C24H22N2O3. The Hall–Kier alpha value is -3.60. The summed E-state index contributed by atoms with van der Waals surface area (Å²) < 4.78 is 5.74. The molecule has 3 aromatic carbocycles. The molecule has 146 valence electrons. The van der Waals surface area contributed by atoms with Crippen LogP contribution in [0, 0.1) is 6.92 Å². The van der Waals surface area contributed by atoms with Gasteiger partial charge in [-0.1, -0.05) is 60.2 Å². The van der Waals surface area contributed by atoms with Crippen molar-refractivity contribution in [2.75, 3.05) is 5.32 Å². The smallest absolute Gasteiger partial charge is 0.265 e. The standard InChI is InChI=1S/C24H22N2O3/c1-16-10-12-17(13-11-16)15-25-23(27)19-7-3-4-8-20(19)26-24(28)22-14-18-6-2-5-9-21(18)29-22/h2-13,22H,14-15H2,1H3,(H,25,27)(H,26,28). The second-order valence-corrected chi connectivity index (χ2v) is 7.12. The number of para-hydroxylation sites is 2. The molecule has 2 amide bonds. The summed E-state index contributed by atoms with van der Waals surface area (Å²) >= 11 is 0. The summed E-state index contributed by atoms with van der Waals surface area (Å²) in [6.45, 7) is 2.44. The van der Waals surface area contributed by atoms with Crippen LogP contribution >= 0.6 is 0 Å². The van der Waals surface area contributed by atoms with Gasteiger partial charge in [-0.15, -0.1) is 0 Å². The number of benzene rings is 3. The van der Waals surface area contributed by atoms with E-state index in [9.17, 15) is 9.59 Å². The van der Waals surface area contributed by atoms with Crippen molar-refractivity contribution in [3.63, 3.8) is 0 Å². The zero-order chi connectivity index (χ0) is 20.2. The van der Waals surface area contributed by atoms with Crippen LogP contribution < -0.4 is 15.4 Å². The van der Waals surface area contributed by atoms with Gasteiger partial charge in [-0.25, -0.2) is 0 Å². The average Bonchev–Trinajstić information content (AvgIpc) is 3.18. The number of nitrogens with one attached hydrogen (secondary N) is 2. The molecule has 0 saturated carbocycles. The Balaban J connectivity index is 1.42. The Bertz CT molecular complexity index is 1020. The van der Waals surface area contributed by atoms with Crippen molar-refractivity contribution in [2.24, 2.45) is 0 Å². The van der Waals surface area contributed by atoms with Crippen molar-refractivity contribution >= 4 is 17.5 Å². The first kappa shape index (κ1) is 18.7. The van der Waals surface area contributed by atoms with Crippen LogP contribution in [0.1, 0.15) is 27.0 Å². The quantitative estimate of drug-likeness (QED) is 0.700. The molecule has 0 bridgehead atoms. The maximum atomic E-state index is 12.7. The molecule has 3 aromatic rings. The van der Waals surface area contributed by atoms with E-state index < -0.39 is 6.10 Å². The lowest BCUT2D eigenvalue weighted by molar-refractivity contribution is -0.122. The van der Waals surface area contributed by atoms with Gasteiger partial charge in [0.15, 0.2) is 6.10 Å². The fourth-order valence-electron chi connectivity index (χ4n) is 3.32. The minimum atomic E-state index is -0.601. The third-order valence-electron chi connectivity index (χ3n) is 4.94. The highest BCUT2D eigenvalue weighted by Crippen LogP contribution is 2.29. The molecule has 0 aliphatic carbocycles. The van der Waals surface area contributed by atoms with Crippen molar-refractivity contribution in [3.05, 3.63) is 95.1 Å². The van der Waals surface area contributed by atoms with E-state index in [0.717, 1.165) is 16.9 Å². The van der Waals surface area contributed by atoms with Crippen molar-refractivity contribution < 1.29 is 14.3 Å². The minimum Gasteiger partial charge on any atom is -0.480 e. The molecule has 1 aliphatic rings. The predicted octanol–water partition coefficient (Wildman–Crippen LogP) is 3.87. The first-order valence-electron chi connectivity index (χ1n) is 9.58. The highest BCUT2D eigenvalue weighted by molar-refractivity contribution is 6.04. The summed E-state index contributed by atoms with van der Waals surface area (Å²) in [5.41, 5.74) is 4.09. The van der Waals surface area contributed by atoms with Crippen LogP contribution in [0.5, 0.6) is 5.75 Å². The number of rotatable bonds is 5. The van der Waals surface area contributed by atoms with Gasteiger partial charge in [-0.2, -0.15) is 0 Å². The second kappa shape index (κ2) is 8.19. The first-order valence-corrected chi connectivity index (χ1v) is 9.58. The van der Waals surface area contributed by atoms with E-state index in [4.69, 9.17) is 4.74 Å². The summed E-state index contributed by atoms with van der Waals surface area (Å²) in [4.78, 5) is 25.4. The van der Waals surface area contributed by atoms with Crippen LogP contribution in [-0.2, 0) is 17.8 Å². The van der Waals surface area contributed by atoms with Crippen molar-refractivity contribution in [2.45, 2.75) is 26.0 Å². The second-order valence-electron chi connectivity index (χ2n) is 7.12. The largest absolute Gasteiger partial charge is 0.480 e. The molecule has 2 N–H and O–H groups in total. The number of carbonyl (C=O) groups is 2. The van der Waals surface area contributed by atoms with Gasteiger partial charge in [0.05, 0.1) is 11.3 Å². The van der Waals surface area contributed by atoms with Crippen LogP contribution in [0.3, 0.4) is 0 Å². The molecule has 4 rings (SSSR count). The molecule has 5 nitrogen and oxygen atoms in total. The van der Waals surface area contributed by atoms with Crippen molar-refractivity contribution in [1.29, 1.82) is 0 Å². The molecule has 1 aliphatic heterocycles. The molecule has 0 spiro atoms. The molecule has 1 heterocycles. The Morgan fingerprint density at radius 3 is 2.48 bits per heavy atom. The van der Waals surface area contributed by atoms with Gasteiger partial charge >= 0.3 is 0 Å². The Kier molecular flexibility index (Phi) is 5.29. The minimum absolute atomic E-state index is 0.239. The molecule has 29 heavy (non-hydrogen) atoms. The molecule has 1 atom stereocenters. The van der Waals surface area contributed by atoms with Gasteiger partial charge in [0.2, 0.25) is 0 Å². The lowest BCUT2D eigenvalue weighted by Gasteiger charge is -2.14. The summed E-state index contributed by atoms with van der Waals surface area (Å²) in [5.74, 6) is 0.230. The first-order chi connectivity index (χ1) is 14.1. The fraction of sp³-hybridized carbons (Fsp3) is 0.167. The number of fused-ring (bicyclic) bond motifs is 1. The number of aryl methyl sites for hydroxylation is 1. The van der Waals surface area contributed by atoms with Crippen LogP contribution in [0.25, 0.3) is 0 Å². The summed E-state index contributed by atoms with van der Waals surface area (Å²) in [6, 6.07) is 22.6. The number of carbonyl (C=O) groups excluding carboxylic acids is 2. The highest BCUT2D eigenvalue weighted by atomic mass is 16.5. The van der Waals surface area contributed by atoms with Gasteiger partial charge in [0, 0.05) is 13.0 Å². The maximum absolute atomic E-state index is 12.7. The number of hydrogen-bond donors (Lipinski definition) is 2. The van der Waals surface area contributed by atoms with Crippen molar-refractivity contribution in [1.82, 2.24) is 5.32 Å². The zero-order valence-corrected chi connectivity index (χ0v) is 16.1. The lowest BCUT2D eigenvalue weighted by atomic mass is 10.1. The molecular weight excluding hydrogens is 364 g/mol. The Morgan fingerprint density at radius 1 is 0.966 bits per heavy atom. The summed E-state index contributed by atoms with van der Waals surface area (Å²) in [6.07, 6.45) is -0.0832. The molecule has 5 heteroatoms. The number of hydrogen-bond acceptors (Lipinski definition) is 3. The zero-order valence-electron chi connectivity index (χ0n) is 16.1. The van der Waals surface area contributed by atoms with E-state index in [1.165, 1.54) is 5.56 Å². The Labute approximate surface area is 169 Å². The third kappa shape index (κ3) is 4.29. The highest BCUT2D eigenvalue weighted by Gasteiger charge is 2.29. The lowest BCUT2D eigenvalue weighted by Crippen LogP contribution is -2.32. The fourth-order valence-corrected chi connectivity index (χ4v) is 3.32. The molecule has 0 fully saturated rings. The van der Waals surface area contributed by atoms with Crippen LogP contribution in [0.15, 0.2) is 72.8 Å². The van der Waals surface area contributed by atoms with Gasteiger partial charge in [-0.3, -0.25) is 9.59 Å². The van der Waals surface area contributed by atoms with E-state index >= 15 is 0 Å². The molecule has 0 radical (unpaired) electrons. The number of anilines is 1. The average molecular weight is 386 g/mol. The predicted molar refractivity (Wildman–Crippen MR) is 112 cm³/mol. The van der Waals surface area contributed by atoms with Crippen molar-refractivity contribution in [3.8, 4) is 5.75 Å². The summed E-state index contributed by atoms with van der Waals surface area (Å²) in [7, 11) is 0. The van der Waals surface area contributed by atoms with E-state index in [1.807, 2.05) is 55.5 Å². The topological polar surface area (TPSA) is 67.4 Å². The van der Waals surface area contributed by atoms with E-state index in [1.54, 1.807) is 24.3 Å². The number of amides is 2. The van der Waals surface area contributed by atoms with Gasteiger partial charge in [0.1, 0.15) is 5.75 Å².